The van der Waals surface area contributed by atoms with Gasteiger partial charge in [-0.25, -0.2) is 0 Å². The predicted molar refractivity (Wildman–Crippen MR) is 70.6 cm³/mol. The van der Waals surface area contributed by atoms with Gasteiger partial charge in [-0.1, -0.05) is 23.7 Å². The van der Waals surface area contributed by atoms with Gasteiger partial charge in [-0.3, -0.25) is 9.59 Å². The summed E-state index contributed by atoms with van der Waals surface area (Å²) in [6.07, 6.45) is 0.247. The average Bonchev–Trinajstić information content (AvgIpc) is 2.72. The molecule has 1 aromatic carbocycles. The number of nitrogens with zero attached hydrogens (tertiary/aromatic N) is 1. The summed E-state index contributed by atoms with van der Waals surface area (Å²) in [5.74, 6) is -0.409. The molecule has 1 atom stereocenters. The van der Waals surface area contributed by atoms with Crippen molar-refractivity contribution in [3.63, 3.8) is 0 Å². The van der Waals surface area contributed by atoms with E-state index in [1.54, 1.807) is 17.0 Å². The third-order valence-electron chi connectivity index (χ3n) is 2.99. The molecule has 0 aromatic heterocycles. The van der Waals surface area contributed by atoms with Crippen LogP contribution in [0.15, 0.2) is 24.3 Å². The summed E-state index contributed by atoms with van der Waals surface area (Å²) in [4.78, 5) is 25.2. The molecule has 1 N–H and O–H groups in total. The first kappa shape index (κ1) is 12.9. The van der Waals surface area contributed by atoms with E-state index >= 15 is 0 Å². The predicted octanol–water partition coefficient (Wildman–Crippen LogP) is 1.83. The van der Waals surface area contributed by atoms with Gasteiger partial charge in [-0.2, -0.15) is 0 Å². The highest BCUT2D eigenvalue weighted by molar-refractivity contribution is 6.33. The SMILES string of the molecule is CCNC(=O)C1CC(=O)N(c2ccccc2Cl)C1. The maximum atomic E-state index is 11.9. The Morgan fingerprint density at radius 3 is 2.89 bits per heavy atom. The fraction of sp³-hybridized carbons (Fsp3) is 0.385. The molecule has 0 aliphatic carbocycles. The van der Waals surface area contributed by atoms with E-state index in [2.05, 4.69) is 5.32 Å². The standard InChI is InChI=1S/C13H15ClN2O2/c1-2-15-13(18)9-7-12(17)16(8-9)11-6-4-3-5-10(11)14/h3-6,9H,2,7-8H2,1H3,(H,15,18). The molecule has 0 radical (unpaired) electrons. The van der Waals surface area contributed by atoms with E-state index in [9.17, 15) is 9.59 Å². The van der Waals surface area contributed by atoms with Crippen LogP contribution in [0.3, 0.4) is 0 Å². The van der Waals surface area contributed by atoms with E-state index < -0.39 is 0 Å². The van der Waals surface area contributed by atoms with E-state index in [0.29, 0.717) is 23.8 Å². The Hall–Kier alpha value is -1.55. The van der Waals surface area contributed by atoms with Crippen LogP contribution in [0.1, 0.15) is 13.3 Å². The summed E-state index contributed by atoms with van der Waals surface area (Å²) in [7, 11) is 0. The Bertz CT molecular complexity index is 476. The summed E-state index contributed by atoms with van der Waals surface area (Å²) in [5, 5.41) is 3.27. The number of anilines is 1. The number of benzene rings is 1. The second-order valence-electron chi connectivity index (χ2n) is 4.25. The van der Waals surface area contributed by atoms with Crippen LogP contribution >= 0.6 is 11.6 Å². The lowest BCUT2D eigenvalue weighted by Gasteiger charge is -2.17. The van der Waals surface area contributed by atoms with Crippen LogP contribution in [0.5, 0.6) is 0 Å². The second-order valence-corrected chi connectivity index (χ2v) is 4.66. The Morgan fingerprint density at radius 2 is 2.22 bits per heavy atom. The number of carbonyl (C=O) groups excluding carboxylic acids is 2. The third-order valence-corrected chi connectivity index (χ3v) is 3.31. The molecule has 4 nitrogen and oxygen atoms in total. The molecule has 0 spiro atoms. The molecule has 1 heterocycles. The van der Waals surface area contributed by atoms with Crippen molar-refractivity contribution in [1.82, 2.24) is 5.32 Å². The van der Waals surface area contributed by atoms with Gasteiger partial charge in [0.2, 0.25) is 11.8 Å². The molecular weight excluding hydrogens is 252 g/mol. The smallest absolute Gasteiger partial charge is 0.227 e. The molecule has 2 amide bonds. The summed E-state index contributed by atoms with van der Waals surface area (Å²) >= 11 is 6.06. The second kappa shape index (κ2) is 5.40. The van der Waals surface area contributed by atoms with Gasteiger partial charge in [0.05, 0.1) is 16.6 Å². The lowest BCUT2D eigenvalue weighted by atomic mass is 10.1. The van der Waals surface area contributed by atoms with E-state index in [4.69, 9.17) is 11.6 Å². The van der Waals surface area contributed by atoms with Crippen LogP contribution in [0.2, 0.25) is 5.02 Å². The van der Waals surface area contributed by atoms with Gasteiger partial charge in [0.25, 0.3) is 0 Å². The van der Waals surface area contributed by atoms with E-state index in [1.807, 2.05) is 19.1 Å². The quantitative estimate of drug-likeness (QED) is 0.907. The first-order valence-corrected chi connectivity index (χ1v) is 6.34. The van der Waals surface area contributed by atoms with Crippen molar-refractivity contribution in [2.24, 2.45) is 5.92 Å². The number of hydrogen-bond acceptors (Lipinski definition) is 2. The molecule has 0 saturated carbocycles. The van der Waals surface area contributed by atoms with Crippen LogP contribution in [0.25, 0.3) is 0 Å². The fourth-order valence-electron chi connectivity index (χ4n) is 2.11. The number of nitrogens with one attached hydrogen (secondary N) is 1. The highest BCUT2D eigenvalue weighted by atomic mass is 35.5. The molecule has 1 aliphatic rings. The fourth-order valence-corrected chi connectivity index (χ4v) is 2.34. The van der Waals surface area contributed by atoms with Gasteiger partial charge in [-0.15, -0.1) is 0 Å². The highest BCUT2D eigenvalue weighted by Gasteiger charge is 2.35. The molecule has 1 fully saturated rings. The van der Waals surface area contributed by atoms with Gasteiger partial charge >= 0.3 is 0 Å². The average molecular weight is 267 g/mol. The molecule has 96 valence electrons. The maximum absolute atomic E-state index is 11.9. The highest BCUT2D eigenvalue weighted by Crippen LogP contribution is 2.30. The zero-order valence-corrected chi connectivity index (χ0v) is 10.9. The molecule has 5 heteroatoms. The lowest BCUT2D eigenvalue weighted by molar-refractivity contribution is -0.126. The van der Waals surface area contributed by atoms with Crippen molar-refractivity contribution in [2.45, 2.75) is 13.3 Å². The number of carbonyl (C=O) groups is 2. The molecule has 1 saturated heterocycles. The van der Waals surface area contributed by atoms with Crippen molar-refractivity contribution < 1.29 is 9.59 Å². The minimum atomic E-state index is -0.284. The number of para-hydroxylation sites is 1. The van der Waals surface area contributed by atoms with Gasteiger partial charge in [0.15, 0.2) is 0 Å². The van der Waals surface area contributed by atoms with Gasteiger partial charge in [0, 0.05) is 19.5 Å². The first-order valence-electron chi connectivity index (χ1n) is 5.96. The first-order chi connectivity index (χ1) is 8.63. The molecule has 1 aliphatic heterocycles. The van der Waals surface area contributed by atoms with Crippen LogP contribution in [0.4, 0.5) is 5.69 Å². The topological polar surface area (TPSA) is 49.4 Å². The van der Waals surface area contributed by atoms with Crippen molar-refractivity contribution >= 4 is 29.1 Å². The van der Waals surface area contributed by atoms with Gasteiger partial charge in [0.1, 0.15) is 0 Å². The minimum absolute atomic E-state index is 0.0562. The van der Waals surface area contributed by atoms with Gasteiger partial charge < -0.3 is 10.2 Å². The number of hydrogen-bond donors (Lipinski definition) is 1. The van der Waals surface area contributed by atoms with Crippen LogP contribution in [-0.4, -0.2) is 24.9 Å². The van der Waals surface area contributed by atoms with Crippen molar-refractivity contribution in [3.05, 3.63) is 29.3 Å². The van der Waals surface area contributed by atoms with Gasteiger partial charge in [-0.05, 0) is 19.1 Å². The van der Waals surface area contributed by atoms with Crippen molar-refractivity contribution in [1.29, 1.82) is 0 Å². The van der Waals surface area contributed by atoms with E-state index in [1.165, 1.54) is 0 Å². The summed E-state index contributed by atoms with van der Waals surface area (Å²) in [5.41, 5.74) is 0.677. The zero-order chi connectivity index (χ0) is 13.1. The number of halogens is 1. The van der Waals surface area contributed by atoms with E-state index in [-0.39, 0.29) is 24.2 Å². The Morgan fingerprint density at radius 1 is 1.50 bits per heavy atom. The largest absolute Gasteiger partial charge is 0.356 e. The van der Waals surface area contributed by atoms with Crippen LogP contribution < -0.4 is 10.2 Å². The lowest BCUT2D eigenvalue weighted by Crippen LogP contribution is -2.32. The molecule has 2 rings (SSSR count). The van der Waals surface area contributed by atoms with Crippen molar-refractivity contribution in [3.8, 4) is 0 Å². The van der Waals surface area contributed by atoms with E-state index in [0.717, 1.165) is 0 Å². The zero-order valence-electron chi connectivity index (χ0n) is 10.1. The number of rotatable bonds is 3. The number of amides is 2. The van der Waals surface area contributed by atoms with Crippen LogP contribution in [0, 0.1) is 5.92 Å². The Kier molecular flexibility index (Phi) is 3.87. The van der Waals surface area contributed by atoms with Crippen molar-refractivity contribution in [2.75, 3.05) is 18.0 Å². The minimum Gasteiger partial charge on any atom is -0.356 e. The Balaban J connectivity index is 2.15. The Labute approximate surface area is 111 Å². The monoisotopic (exact) mass is 266 g/mol. The maximum Gasteiger partial charge on any atom is 0.227 e. The molecular formula is C13H15ClN2O2. The normalized spacial score (nSPS) is 19.1. The summed E-state index contributed by atoms with van der Waals surface area (Å²) < 4.78 is 0. The molecule has 0 bridgehead atoms. The molecule has 1 aromatic rings. The van der Waals surface area contributed by atoms with Crippen LogP contribution in [-0.2, 0) is 9.59 Å². The molecule has 1 unspecified atom stereocenters. The summed E-state index contributed by atoms with van der Waals surface area (Å²) in [6.45, 7) is 2.84. The molecule has 18 heavy (non-hydrogen) atoms. The third kappa shape index (κ3) is 2.48. The summed E-state index contributed by atoms with van der Waals surface area (Å²) in [6, 6.07) is 7.17.